The zero-order valence-electron chi connectivity index (χ0n) is 13.8. The molecule has 138 valence electrons. The molecule has 2 N–H and O–H groups in total. The van der Waals surface area contributed by atoms with Crippen molar-refractivity contribution >= 4 is 46.5 Å². The highest BCUT2D eigenvalue weighted by molar-refractivity contribution is 6.42. The summed E-state index contributed by atoms with van der Waals surface area (Å²) in [5.41, 5.74) is 0.600. The fraction of sp³-hybridized carbons (Fsp3) is 0.333. The molecule has 1 aromatic carbocycles. The van der Waals surface area contributed by atoms with E-state index in [1.807, 2.05) is 0 Å². The number of aromatic nitrogens is 1. The van der Waals surface area contributed by atoms with Crippen molar-refractivity contribution in [2.24, 2.45) is 0 Å². The highest BCUT2D eigenvalue weighted by Gasteiger charge is 2.24. The molecular weight excluding hydrogens is 397 g/mol. The molecule has 0 radical (unpaired) electrons. The van der Waals surface area contributed by atoms with Gasteiger partial charge in [-0.1, -0.05) is 34.8 Å². The van der Waals surface area contributed by atoms with Gasteiger partial charge in [-0.05, 0) is 49.9 Å². The second kappa shape index (κ2) is 8.80. The molecule has 0 saturated heterocycles. The molecule has 0 aliphatic heterocycles. The number of carbonyl (C=O) groups is 1. The van der Waals surface area contributed by atoms with Crippen LogP contribution in [0.25, 0.3) is 0 Å². The molecule has 26 heavy (non-hydrogen) atoms. The van der Waals surface area contributed by atoms with E-state index in [1.54, 1.807) is 36.5 Å². The van der Waals surface area contributed by atoms with Crippen molar-refractivity contribution in [3.63, 3.8) is 0 Å². The number of halogens is 3. The molecule has 1 heterocycles. The van der Waals surface area contributed by atoms with Crippen LogP contribution in [0.15, 0.2) is 36.5 Å². The van der Waals surface area contributed by atoms with Crippen LogP contribution in [0.3, 0.4) is 0 Å². The predicted molar refractivity (Wildman–Crippen MR) is 105 cm³/mol. The molecule has 0 unspecified atom stereocenters. The smallest absolute Gasteiger partial charge is 0.319 e. The number of nitrogens with zero attached hydrogens (tertiary/aromatic N) is 1. The first-order valence-electron chi connectivity index (χ1n) is 8.30. The number of anilines is 1. The van der Waals surface area contributed by atoms with Crippen molar-refractivity contribution in [1.29, 1.82) is 0 Å². The van der Waals surface area contributed by atoms with Crippen LogP contribution in [0.4, 0.5) is 10.5 Å². The summed E-state index contributed by atoms with van der Waals surface area (Å²) in [6.45, 7) is 0. The molecule has 1 aromatic heterocycles. The number of rotatable bonds is 4. The monoisotopic (exact) mass is 413 g/mol. The van der Waals surface area contributed by atoms with E-state index in [0.717, 1.165) is 25.7 Å². The Morgan fingerprint density at radius 3 is 2.46 bits per heavy atom. The topological polar surface area (TPSA) is 63.2 Å². The fourth-order valence-electron chi connectivity index (χ4n) is 2.85. The third-order valence-electron chi connectivity index (χ3n) is 4.17. The van der Waals surface area contributed by atoms with Gasteiger partial charge >= 0.3 is 6.03 Å². The summed E-state index contributed by atoms with van der Waals surface area (Å²) in [4.78, 5) is 16.3. The number of hydrogen-bond acceptors (Lipinski definition) is 3. The largest absolute Gasteiger partial charge is 0.474 e. The van der Waals surface area contributed by atoms with Gasteiger partial charge in [0, 0.05) is 24.0 Å². The van der Waals surface area contributed by atoms with Gasteiger partial charge in [-0.3, -0.25) is 0 Å². The predicted octanol–water partition coefficient (Wildman–Crippen LogP) is 5.55. The molecule has 1 aliphatic rings. The number of urea groups is 1. The van der Waals surface area contributed by atoms with Crippen molar-refractivity contribution in [3.05, 3.63) is 51.6 Å². The highest BCUT2D eigenvalue weighted by Crippen LogP contribution is 2.26. The number of benzene rings is 1. The van der Waals surface area contributed by atoms with Crippen molar-refractivity contribution < 1.29 is 9.53 Å². The van der Waals surface area contributed by atoms with Gasteiger partial charge in [0.2, 0.25) is 5.88 Å². The average molecular weight is 415 g/mol. The summed E-state index contributed by atoms with van der Waals surface area (Å²) in [6.07, 6.45) is 5.04. The summed E-state index contributed by atoms with van der Waals surface area (Å²) in [5.74, 6) is 0.572. The molecule has 3 rings (SSSR count). The van der Waals surface area contributed by atoms with E-state index in [9.17, 15) is 4.79 Å². The average Bonchev–Trinajstić information content (AvgIpc) is 2.62. The summed E-state index contributed by atoms with van der Waals surface area (Å²) in [7, 11) is 0. The van der Waals surface area contributed by atoms with Crippen LogP contribution in [0.1, 0.15) is 25.7 Å². The highest BCUT2D eigenvalue weighted by atomic mass is 35.5. The molecule has 2 amide bonds. The Hall–Kier alpha value is -1.69. The van der Waals surface area contributed by atoms with Crippen LogP contribution >= 0.6 is 34.8 Å². The molecule has 1 aliphatic carbocycles. The van der Waals surface area contributed by atoms with Gasteiger partial charge in [0.05, 0.1) is 15.1 Å². The Kier molecular flexibility index (Phi) is 6.46. The van der Waals surface area contributed by atoms with Gasteiger partial charge in [-0.25, -0.2) is 9.78 Å². The molecule has 0 bridgehead atoms. The van der Waals surface area contributed by atoms with Crippen molar-refractivity contribution in [1.82, 2.24) is 10.3 Å². The minimum absolute atomic E-state index is 0.0971. The minimum Gasteiger partial charge on any atom is -0.474 e. The normalized spacial score (nSPS) is 19.7. The Balaban J connectivity index is 1.43. The third-order valence-corrected chi connectivity index (χ3v) is 5.14. The molecule has 1 fully saturated rings. The van der Waals surface area contributed by atoms with Crippen molar-refractivity contribution in [2.45, 2.75) is 37.8 Å². The maximum atomic E-state index is 12.1. The Morgan fingerprint density at radius 2 is 1.81 bits per heavy atom. The maximum absolute atomic E-state index is 12.1. The number of nitrogens with one attached hydrogen (secondary N) is 2. The first-order chi connectivity index (χ1) is 12.5. The SMILES string of the molecule is O=C(Nc1ccc(Cl)c(Cl)c1)NC1CCC(Oc2ccc(Cl)cn2)CC1. The number of amides is 2. The molecule has 5 nitrogen and oxygen atoms in total. The van der Waals surface area contributed by atoms with E-state index >= 15 is 0 Å². The third kappa shape index (κ3) is 5.40. The fourth-order valence-corrected chi connectivity index (χ4v) is 3.26. The van der Waals surface area contributed by atoms with Crippen LogP contribution in [-0.2, 0) is 0 Å². The lowest BCUT2D eigenvalue weighted by molar-refractivity contribution is 0.135. The van der Waals surface area contributed by atoms with E-state index in [0.29, 0.717) is 26.6 Å². The van der Waals surface area contributed by atoms with E-state index in [1.165, 1.54) is 0 Å². The van der Waals surface area contributed by atoms with Crippen molar-refractivity contribution in [3.8, 4) is 5.88 Å². The van der Waals surface area contributed by atoms with E-state index in [2.05, 4.69) is 15.6 Å². The van der Waals surface area contributed by atoms with Crippen molar-refractivity contribution in [2.75, 3.05) is 5.32 Å². The first kappa shape index (κ1) is 19.1. The van der Waals surface area contributed by atoms with E-state index in [4.69, 9.17) is 39.5 Å². The van der Waals surface area contributed by atoms with E-state index < -0.39 is 0 Å². The molecular formula is C18H18Cl3N3O2. The second-order valence-electron chi connectivity index (χ2n) is 6.13. The van der Waals surface area contributed by atoms with Gasteiger partial charge in [-0.15, -0.1) is 0 Å². The molecule has 8 heteroatoms. The van der Waals surface area contributed by atoms with Gasteiger partial charge in [0.25, 0.3) is 0 Å². The standard InChI is InChI=1S/C18H18Cl3N3O2/c19-11-1-8-17(22-10-11)26-14-5-2-12(3-6-14)23-18(25)24-13-4-7-15(20)16(21)9-13/h1,4,7-10,12,14H,2-3,5-6H2,(H2,23,24,25). The zero-order chi connectivity index (χ0) is 18.5. The van der Waals surface area contributed by atoms with Crippen LogP contribution in [0.2, 0.25) is 15.1 Å². The Labute approximate surface area is 167 Å². The molecule has 0 atom stereocenters. The maximum Gasteiger partial charge on any atom is 0.319 e. The van der Waals surface area contributed by atoms with E-state index in [-0.39, 0.29) is 18.2 Å². The summed E-state index contributed by atoms with van der Waals surface area (Å²) in [5, 5.41) is 7.18. The first-order valence-corrected chi connectivity index (χ1v) is 9.44. The lowest BCUT2D eigenvalue weighted by Crippen LogP contribution is -2.41. The number of carbonyl (C=O) groups excluding carboxylic acids is 1. The summed E-state index contributed by atoms with van der Waals surface area (Å²) < 4.78 is 5.86. The number of pyridine rings is 1. The quantitative estimate of drug-likeness (QED) is 0.689. The van der Waals surface area contributed by atoms with Crippen LogP contribution in [0, 0.1) is 0 Å². The van der Waals surface area contributed by atoms with Gasteiger partial charge in [-0.2, -0.15) is 0 Å². The molecule has 1 saturated carbocycles. The summed E-state index contributed by atoms with van der Waals surface area (Å²) >= 11 is 17.6. The lowest BCUT2D eigenvalue weighted by Gasteiger charge is -2.29. The summed E-state index contributed by atoms with van der Waals surface area (Å²) in [6, 6.07) is 8.34. The van der Waals surface area contributed by atoms with Crippen LogP contribution in [-0.4, -0.2) is 23.2 Å². The molecule has 0 spiro atoms. The number of hydrogen-bond donors (Lipinski definition) is 2. The van der Waals surface area contributed by atoms with Gasteiger partial charge in [0.15, 0.2) is 0 Å². The lowest BCUT2D eigenvalue weighted by atomic mass is 9.93. The minimum atomic E-state index is -0.257. The van der Waals surface area contributed by atoms with Gasteiger partial charge < -0.3 is 15.4 Å². The second-order valence-corrected chi connectivity index (χ2v) is 7.38. The van der Waals surface area contributed by atoms with Gasteiger partial charge in [0.1, 0.15) is 6.10 Å². The Morgan fingerprint density at radius 1 is 1.04 bits per heavy atom. The molecule has 2 aromatic rings. The van der Waals surface area contributed by atoms with Crippen LogP contribution < -0.4 is 15.4 Å². The van der Waals surface area contributed by atoms with Crippen LogP contribution in [0.5, 0.6) is 5.88 Å². The Bertz CT molecular complexity index is 763. The number of ether oxygens (including phenoxy) is 1. The zero-order valence-corrected chi connectivity index (χ0v) is 16.1.